The van der Waals surface area contributed by atoms with Crippen LogP contribution in [-0.4, -0.2) is 66.4 Å². The molecule has 1 aliphatic heterocycles. The van der Waals surface area contributed by atoms with Gasteiger partial charge in [0.25, 0.3) is 11.7 Å². The molecule has 0 bridgehead atoms. The highest BCUT2D eigenvalue weighted by Gasteiger charge is 2.46. The Bertz CT molecular complexity index is 1110. The predicted molar refractivity (Wildman–Crippen MR) is 128 cm³/mol. The van der Waals surface area contributed by atoms with Crippen molar-refractivity contribution in [1.82, 2.24) is 9.80 Å². The summed E-state index contributed by atoms with van der Waals surface area (Å²) >= 11 is 0. The Hall–Kier alpha value is -3.65. The quantitative estimate of drug-likeness (QED) is 0.199. The molecule has 1 aliphatic rings. The van der Waals surface area contributed by atoms with Crippen LogP contribution < -0.4 is 9.47 Å². The van der Waals surface area contributed by atoms with Crippen molar-refractivity contribution in [2.75, 3.05) is 33.8 Å². The van der Waals surface area contributed by atoms with Gasteiger partial charge in [0, 0.05) is 25.6 Å². The van der Waals surface area contributed by atoms with E-state index in [0.717, 1.165) is 6.42 Å². The van der Waals surface area contributed by atoms with E-state index in [0.29, 0.717) is 30.0 Å². The van der Waals surface area contributed by atoms with Gasteiger partial charge >= 0.3 is 5.97 Å². The lowest BCUT2D eigenvalue weighted by Crippen LogP contribution is -2.35. The van der Waals surface area contributed by atoms with E-state index in [2.05, 4.69) is 0 Å². The third kappa shape index (κ3) is 5.63. The molecule has 34 heavy (non-hydrogen) atoms. The van der Waals surface area contributed by atoms with Crippen LogP contribution in [0.3, 0.4) is 0 Å². The first-order valence-corrected chi connectivity index (χ1v) is 11.2. The number of ketones is 1. The molecule has 1 saturated heterocycles. The van der Waals surface area contributed by atoms with Crippen molar-refractivity contribution in [1.29, 1.82) is 0 Å². The van der Waals surface area contributed by atoms with Crippen LogP contribution >= 0.6 is 0 Å². The van der Waals surface area contributed by atoms with Crippen LogP contribution in [0.25, 0.3) is 5.76 Å². The van der Waals surface area contributed by atoms with Crippen LogP contribution in [0.5, 0.6) is 11.5 Å². The molecule has 0 radical (unpaired) electrons. The zero-order valence-electron chi connectivity index (χ0n) is 19.9. The number of Topliss-reactive ketones (excluding diaryl/α,β-unsaturated/α-hetero) is 1. The van der Waals surface area contributed by atoms with E-state index in [1.807, 2.05) is 25.9 Å². The van der Waals surface area contributed by atoms with Crippen molar-refractivity contribution in [2.24, 2.45) is 0 Å². The molecular formula is C26H30N2O6. The monoisotopic (exact) mass is 466 g/mol. The van der Waals surface area contributed by atoms with Gasteiger partial charge in [-0.25, -0.2) is 0 Å². The number of amides is 1. The number of carbonyl (C=O) groups excluding carboxylic acids is 3. The van der Waals surface area contributed by atoms with Crippen molar-refractivity contribution in [3.8, 4) is 11.5 Å². The van der Waals surface area contributed by atoms with Gasteiger partial charge in [0.1, 0.15) is 17.3 Å². The summed E-state index contributed by atoms with van der Waals surface area (Å²) in [5.74, 6) is -1.37. The number of carbonyl (C=O) groups is 3. The zero-order chi connectivity index (χ0) is 24.8. The summed E-state index contributed by atoms with van der Waals surface area (Å²) in [6.45, 7) is 4.60. The number of hydrogen-bond donors (Lipinski definition) is 1. The summed E-state index contributed by atoms with van der Waals surface area (Å²) in [4.78, 5) is 41.0. The molecule has 2 aromatic carbocycles. The zero-order valence-corrected chi connectivity index (χ0v) is 19.9. The molecule has 3 rings (SSSR count). The number of rotatable bonds is 9. The normalized spacial score (nSPS) is 17.3. The van der Waals surface area contributed by atoms with Crippen LogP contribution in [0.2, 0.25) is 0 Å². The molecule has 1 atom stereocenters. The van der Waals surface area contributed by atoms with Gasteiger partial charge in [-0.05, 0) is 50.3 Å². The molecule has 0 aliphatic carbocycles. The SMILES string of the molecule is CCCOc1cccc(/C(O)=C2/C(=O)C(=O)N(CCN(C)C)C2c2cccc(OC(C)=O)c2)c1. The average Bonchev–Trinajstić information content (AvgIpc) is 3.05. The molecule has 1 fully saturated rings. The Morgan fingerprint density at radius 2 is 1.79 bits per heavy atom. The van der Waals surface area contributed by atoms with E-state index in [1.165, 1.54) is 11.8 Å². The van der Waals surface area contributed by atoms with Crippen LogP contribution in [0.1, 0.15) is 37.4 Å². The Morgan fingerprint density at radius 1 is 1.09 bits per heavy atom. The molecular weight excluding hydrogens is 436 g/mol. The van der Waals surface area contributed by atoms with Crippen molar-refractivity contribution in [3.05, 3.63) is 65.2 Å². The highest BCUT2D eigenvalue weighted by molar-refractivity contribution is 6.46. The number of nitrogens with zero attached hydrogens (tertiary/aromatic N) is 2. The maximum absolute atomic E-state index is 13.1. The maximum Gasteiger partial charge on any atom is 0.308 e. The van der Waals surface area contributed by atoms with E-state index in [1.54, 1.807) is 48.5 Å². The lowest BCUT2D eigenvalue weighted by Gasteiger charge is -2.26. The molecule has 180 valence electrons. The second-order valence-corrected chi connectivity index (χ2v) is 8.34. The molecule has 0 aromatic heterocycles. The van der Waals surface area contributed by atoms with Gasteiger partial charge in [0.05, 0.1) is 18.2 Å². The minimum atomic E-state index is -0.837. The first-order chi connectivity index (χ1) is 16.2. The van der Waals surface area contributed by atoms with Gasteiger partial charge < -0.3 is 24.4 Å². The molecule has 0 saturated carbocycles. The number of likely N-dealkylation sites (N-methyl/N-ethyl adjacent to an activating group) is 1. The summed E-state index contributed by atoms with van der Waals surface area (Å²) in [7, 11) is 3.74. The molecule has 8 heteroatoms. The summed E-state index contributed by atoms with van der Waals surface area (Å²) < 4.78 is 10.9. The lowest BCUT2D eigenvalue weighted by atomic mass is 9.95. The second-order valence-electron chi connectivity index (χ2n) is 8.34. The number of esters is 1. The minimum Gasteiger partial charge on any atom is -0.507 e. The first kappa shape index (κ1) is 25.0. The van der Waals surface area contributed by atoms with E-state index < -0.39 is 23.7 Å². The van der Waals surface area contributed by atoms with Crippen LogP contribution in [-0.2, 0) is 14.4 Å². The Labute approximate surface area is 199 Å². The summed E-state index contributed by atoms with van der Waals surface area (Å²) in [5.41, 5.74) is 0.911. The molecule has 1 unspecified atom stereocenters. The number of benzene rings is 2. The molecule has 1 N–H and O–H groups in total. The number of likely N-dealkylation sites (tertiary alicyclic amines) is 1. The topological polar surface area (TPSA) is 96.4 Å². The summed E-state index contributed by atoms with van der Waals surface area (Å²) in [6, 6.07) is 12.6. The molecule has 1 heterocycles. The number of ether oxygens (including phenoxy) is 2. The average molecular weight is 467 g/mol. The molecule has 0 spiro atoms. The highest BCUT2D eigenvalue weighted by Crippen LogP contribution is 2.40. The fourth-order valence-corrected chi connectivity index (χ4v) is 3.79. The third-order valence-corrected chi connectivity index (χ3v) is 5.34. The molecule has 8 nitrogen and oxygen atoms in total. The van der Waals surface area contributed by atoms with Crippen LogP contribution in [0, 0.1) is 0 Å². The van der Waals surface area contributed by atoms with E-state index in [9.17, 15) is 19.5 Å². The minimum absolute atomic E-state index is 0.0172. The highest BCUT2D eigenvalue weighted by atomic mass is 16.5. The Kier molecular flexibility index (Phi) is 8.07. The molecule has 1 amide bonds. The standard InChI is InChI=1S/C26H30N2O6/c1-5-14-33-20-10-7-9-19(16-20)24(30)22-23(18-8-6-11-21(15-18)34-17(2)29)28(13-12-27(3)4)26(32)25(22)31/h6-11,15-16,23,30H,5,12-14H2,1-4H3/b24-22-. The van der Waals surface area contributed by atoms with Gasteiger partial charge in [0.15, 0.2) is 0 Å². The van der Waals surface area contributed by atoms with Gasteiger partial charge in [0.2, 0.25) is 0 Å². The van der Waals surface area contributed by atoms with Crippen LogP contribution in [0.4, 0.5) is 0 Å². The fraction of sp³-hybridized carbons (Fsp3) is 0.346. The number of aliphatic hydroxyl groups is 1. The first-order valence-electron chi connectivity index (χ1n) is 11.2. The van der Waals surface area contributed by atoms with Gasteiger partial charge in [-0.15, -0.1) is 0 Å². The molecule has 2 aromatic rings. The lowest BCUT2D eigenvalue weighted by molar-refractivity contribution is -0.140. The summed E-state index contributed by atoms with van der Waals surface area (Å²) in [5, 5.41) is 11.2. The smallest absolute Gasteiger partial charge is 0.308 e. The Balaban J connectivity index is 2.12. The van der Waals surface area contributed by atoms with Crippen molar-refractivity contribution < 1.29 is 29.0 Å². The van der Waals surface area contributed by atoms with Gasteiger partial charge in [-0.1, -0.05) is 31.2 Å². The van der Waals surface area contributed by atoms with Crippen molar-refractivity contribution in [3.63, 3.8) is 0 Å². The second kappa shape index (κ2) is 11.0. The Morgan fingerprint density at radius 3 is 2.47 bits per heavy atom. The predicted octanol–water partition coefficient (Wildman–Crippen LogP) is 3.38. The fourth-order valence-electron chi connectivity index (χ4n) is 3.79. The van der Waals surface area contributed by atoms with Gasteiger partial charge in [-0.3, -0.25) is 14.4 Å². The van der Waals surface area contributed by atoms with Crippen molar-refractivity contribution in [2.45, 2.75) is 26.3 Å². The number of aliphatic hydroxyl groups excluding tert-OH is 1. The van der Waals surface area contributed by atoms with E-state index in [4.69, 9.17) is 9.47 Å². The van der Waals surface area contributed by atoms with Crippen LogP contribution in [0.15, 0.2) is 54.1 Å². The van der Waals surface area contributed by atoms with Gasteiger partial charge in [-0.2, -0.15) is 0 Å². The third-order valence-electron chi connectivity index (χ3n) is 5.34. The summed E-state index contributed by atoms with van der Waals surface area (Å²) in [6.07, 6.45) is 0.825. The largest absolute Gasteiger partial charge is 0.507 e. The van der Waals surface area contributed by atoms with Crippen molar-refractivity contribution >= 4 is 23.4 Å². The number of hydrogen-bond acceptors (Lipinski definition) is 7. The van der Waals surface area contributed by atoms with E-state index >= 15 is 0 Å². The maximum atomic E-state index is 13.1. The van der Waals surface area contributed by atoms with E-state index in [-0.39, 0.29) is 23.6 Å².